The van der Waals surface area contributed by atoms with Gasteiger partial charge in [0.2, 0.25) is 0 Å². The smallest absolute Gasteiger partial charge is 0.316 e. The minimum Gasteiger partial charge on any atom is -0.468 e. The van der Waals surface area contributed by atoms with E-state index < -0.39 is 5.41 Å². The predicted molar refractivity (Wildman–Crippen MR) is 152 cm³/mol. The average molecular weight is 507 g/mol. The highest BCUT2D eigenvalue weighted by Crippen LogP contribution is 2.49. The van der Waals surface area contributed by atoms with Gasteiger partial charge in [0.1, 0.15) is 0 Å². The van der Waals surface area contributed by atoms with E-state index in [1.807, 2.05) is 62.4 Å². The second kappa shape index (κ2) is 9.97. The molecule has 3 aromatic carbocycles. The number of ether oxygens (including phenoxy) is 1. The van der Waals surface area contributed by atoms with Gasteiger partial charge in [-0.15, -0.1) is 0 Å². The van der Waals surface area contributed by atoms with Crippen LogP contribution in [0.1, 0.15) is 70.9 Å². The van der Waals surface area contributed by atoms with Gasteiger partial charge >= 0.3 is 5.97 Å². The van der Waals surface area contributed by atoms with Gasteiger partial charge in [-0.05, 0) is 85.7 Å². The van der Waals surface area contributed by atoms with Crippen molar-refractivity contribution in [1.82, 2.24) is 9.88 Å². The van der Waals surface area contributed by atoms with E-state index in [1.54, 1.807) is 0 Å². The molecule has 0 saturated heterocycles. The van der Waals surface area contributed by atoms with Crippen LogP contribution >= 0.6 is 0 Å². The van der Waals surface area contributed by atoms with Crippen LogP contribution in [0.25, 0.3) is 16.5 Å². The summed E-state index contributed by atoms with van der Waals surface area (Å²) >= 11 is 0. The van der Waals surface area contributed by atoms with Gasteiger partial charge in [-0.3, -0.25) is 9.59 Å². The molecular weight excluding hydrogens is 472 g/mol. The Hall–Kier alpha value is -4.12. The Morgan fingerprint density at radius 2 is 1.79 bits per heavy atom. The molecule has 1 amide bonds. The number of hydrogen-bond donors (Lipinski definition) is 1. The highest BCUT2D eigenvalue weighted by atomic mass is 16.5. The van der Waals surface area contributed by atoms with Crippen molar-refractivity contribution in [1.29, 1.82) is 0 Å². The summed E-state index contributed by atoms with van der Waals surface area (Å²) in [5, 5.41) is 4.20. The number of fused-ring (bicyclic) bond motifs is 1. The lowest BCUT2D eigenvalue weighted by Crippen LogP contribution is -2.26. The molecule has 5 rings (SSSR count). The molecule has 194 valence electrons. The fraction of sp³-hybridized carbons (Fsp3) is 0.273. The Kier molecular flexibility index (Phi) is 6.70. The lowest BCUT2D eigenvalue weighted by Gasteiger charge is -2.16. The fourth-order valence-corrected chi connectivity index (χ4v) is 5.24. The maximum atomic E-state index is 13.1. The third-order valence-electron chi connectivity index (χ3n) is 7.76. The molecule has 0 spiro atoms. The first kappa shape index (κ1) is 25.5. The van der Waals surface area contributed by atoms with Crippen LogP contribution in [-0.4, -0.2) is 23.6 Å². The number of allylic oxidation sites excluding steroid dienone is 1. The summed E-state index contributed by atoms with van der Waals surface area (Å²) in [5.74, 6) is -0.241. The quantitative estimate of drug-likeness (QED) is 0.270. The summed E-state index contributed by atoms with van der Waals surface area (Å²) < 4.78 is 7.23. The van der Waals surface area contributed by atoms with Crippen LogP contribution in [-0.2, 0) is 21.5 Å². The molecule has 1 aliphatic rings. The molecule has 1 N–H and O–H groups in total. The largest absolute Gasteiger partial charge is 0.468 e. The second-order valence-corrected chi connectivity index (χ2v) is 10.5. The van der Waals surface area contributed by atoms with Crippen LogP contribution < -0.4 is 5.32 Å². The first-order valence-corrected chi connectivity index (χ1v) is 13.1. The number of rotatable bonds is 8. The van der Waals surface area contributed by atoms with Crippen molar-refractivity contribution in [2.75, 3.05) is 7.11 Å². The number of methoxy groups -OCH3 is 1. The normalized spacial score (nSPS) is 14.6. The Labute approximate surface area is 224 Å². The number of esters is 1. The van der Waals surface area contributed by atoms with Gasteiger partial charge < -0.3 is 14.6 Å². The second-order valence-electron chi connectivity index (χ2n) is 10.5. The summed E-state index contributed by atoms with van der Waals surface area (Å²) in [5.41, 5.74) is 7.69. The van der Waals surface area contributed by atoms with Gasteiger partial charge in [0.25, 0.3) is 5.91 Å². The predicted octanol–water partition coefficient (Wildman–Crippen LogP) is 6.73. The lowest BCUT2D eigenvalue weighted by atomic mass is 9.95. The number of nitrogens with zero attached hydrogens (tertiary/aromatic N) is 1. The van der Waals surface area contributed by atoms with E-state index in [0.717, 1.165) is 57.1 Å². The van der Waals surface area contributed by atoms with Crippen molar-refractivity contribution in [3.63, 3.8) is 0 Å². The van der Waals surface area contributed by atoms with Crippen LogP contribution in [0.2, 0.25) is 0 Å². The molecule has 1 heterocycles. The lowest BCUT2D eigenvalue weighted by molar-refractivity contribution is -0.143. The number of aryl methyl sites for hydroxylation is 1. The highest BCUT2D eigenvalue weighted by Gasteiger charge is 2.52. The van der Waals surface area contributed by atoms with Gasteiger partial charge in [-0.2, -0.15) is 0 Å². The van der Waals surface area contributed by atoms with Crippen molar-refractivity contribution in [2.24, 2.45) is 0 Å². The minimum absolute atomic E-state index is 0.0949. The summed E-state index contributed by atoms with van der Waals surface area (Å²) in [4.78, 5) is 25.3. The van der Waals surface area contributed by atoms with Crippen LogP contribution in [0, 0.1) is 6.92 Å². The maximum absolute atomic E-state index is 13.1. The zero-order chi connectivity index (χ0) is 27.0. The van der Waals surface area contributed by atoms with Crippen molar-refractivity contribution < 1.29 is 14.3 Å². The summed E-state index contributed by atoms with van der Waals surface area (Å²) in [6.07, 6.45) is 3.81. The topological polar surface area (TPSA) is 60.3 Å². The van der Waals surface area contributed by atoms with Crippen molar-refractivity contribution >= 4 is 28.4 Å². The van der Waals surface area contributed by atoms with Crippen LogP contribution in [0.5, 0.6) is 0 Å². The third-order valence-corrected chi connectivity index (χ3v) is 7.76. The number of amides is 1. The molecule has 38 heavy (non-hydrogen) atoms. The maximum Gasteiger partial charge on any atom is 0.316 e. The molecule has 1 atom stereocenters. The number of benzene rings is 3. The number of hydrogen-bond acceptors (Lipinski definition) is 3. The van der Waals surface area contributed by atoms with Gasteiger partial charge in [-0.25, -0.2) is 0 Å². The molecule has 4 aromatic rings. The summed E-state index contributed by atoms with van der Waals surface area (Å²) in [6.45, 7) is 10.8. The van der Waals surface area contributed by atoms with E-state index >= 15 is 0 Å². The van der Waals surface area contributed by atoms with E-state index in [-0.39, 0.29) is 17.9 Å². The molecule has 0 bridgehead atoms. The van der Waals surface area contributed by atoms with E-state index in [9.17, 15) is 9.59 Å². The van der Waals surface area contributed by atoms with Gasteiger partial charge in [0.05, 0.1) is 18.6 Å². The van der Waals surface area contributed by atoms with E-state index in [0.29, 0.717) is 12.1 Å². The Bertz CT molecular complexity index is 1540. The van der Waals surface area contributed by atoms with Crippen LogP contribution in [0.15, 0.2) is 79.5 Å². The molecule has 0 aliphatic heterocycles. The number of nitrogens with one attached hydrogen (secondary N) is 1. The zero-order valence-electron chi connectivity index (χ0n) is 22.5. The van der Waals surface area contributed by atoms with Crippen LogP contribution in [0.3, 0.4) is 0 Å². The molecule has 5 nitrogen and oxygen atoms in total. The zero-order valence-corrected chi connectivity index (χ0v) is 22.5. The average Bonchev–Trinajstić information content (AvgIpc) is 3.68. The molecular formula is C33H34N2O3. The van der Waals surface area contributed by atoms with Crippen LogP contribution in [0.4, 0.5) is 0 Å². The molecule has 1 unspecified atom stereocenters. The summed E-state index contributed by atoms with van der Waals surface area (Å²) in [6, 6.07) is 22.2. The van der Waals surface area contributed by atoms with Gasteiger partial charge in [0, 0.05) is 29.2 Å². The molecule has 1 aromatic heterocycles. The first-order valence-electron chi connectivity index (χ1n) is 13.1. The summed E-state index contributed by atoms with van der Waals surface area (Å²) in [7, 11) is 1.45. The Morgan fingerprint density at radius 1 is 1.05 bits per heavy atom. The van der Waals surface area contributed by atoms with E-state index in [4.69, 9.17) is 4.74 Å². The third kappa shape index (κ3) is 4.76. The highest BCUT2D eigenvalue weighted by molar-refractivity contribution is 5.99. The molecule has 1 fully saturated rings. The first-order chi connectivity index (χ1) is 18.2. The number of aromatic nitrogens is 1. The number of carbonyl (C=O) groups excluding carboxylic acids is 2. The monoisotopic (exact) mass is 506 g/mol. The Balaban J connectivity index is 1.32. The Morgan fingerprint density at radius 3 is 2.45 bits per heavy atom. The van der Waals surface area contributed by atoms with Crippen molar-refractivity contribution in [3.05, 3.63) is 113 Å². The fourth-order valence-electron chi connectivity index (χ4n) is 5.24. The minimum atomic E-state index is -0.452. The van der Waals surface area contributed by atoms with Gasteiger partial charge in [-0.1, -0.05) is 54.6 Å². The van der Waals surface area contributed by atoms with Gasteiger partial charge in [0.15, 0.2) is 0 Å². The van der Waals surface area contributed by atoms with Crippen molar-refractivity contribution in [2.45, 2.75) is 51.6 Å². The standard InChI is InChI=1S/C33H34N2O3/c1-21(2)25-7-6-8-26(17-25)23(4)34-31(36)27-11-14-30-29(18-27)22(3)19-35(30)20-24-9-12-28(13-10-24)33(15-16-33)32(37)38-5/h6-14,17-19,23H,1,15-16,20H2,2-5H3,(H,34,36). The molecule has 5 heteroatoms. The van der Waals surface area contributed by atoms with Crippen molar-refractivity contribution in [3.8, 4) is 0 Å². The number of carbonyl (C=O) groups is 2. The molecule has 1 saturated carbocycles. The SMILES string of the molecule is C=C(C)c1cccc(C(C)NC(=O)c2ccc3c(c2)c(C)cn3Cc2ccc(C3(C(=O)OC)CC3)cc2)c1. The molecule has 1 aliphatic carbocycles. The van der Waals surface area contributed by atoms with E-state index in [1.165, 1.54) is 7.11 Å². The molecule has 0 radical (unpaired) electrons. The van der Waals surface area contributed by atoms with E-state index in [2.05, 4.69) is 47.8 Å².